The largest absolute Gasteiger partial charge is 0.286 e. The molecule has 1 unspecified atom stereocenters. The quantitative estimate of drug-likeness (QED) is 0.636. The molecule has 1 N–H and O–H groups in total. The number of hydrogen-bond acceptors (Lipinski definition) is 3. The van der Waals surface area contributed by atoms with Gasteiger partial charge < -0.3 is 0 Å². The van der Waals surface area contributed by atoms with Crippen molar-refractivity contribution < 1.29 is 9.13 Å². The van der Waals surface area contributed by atoms with E-state index in [0.29, 0.717) is 0 Å². The summed E-state index contributed by atoms with van der Waals surface area (Å²) in [6.07, 6.45) is 0. The van der Waals surface area contributed by atoms with Crippen molar-refractivity contribution in [1.82, 2.24) is 4.72 Å². The average Bonchev–Trinajstić information content (AvgIpc) is 2.30. The van der Waals surface area contributed by atoms with Crippen molar-refractivity contribution in [2.24, 2.45) is 0 Å². The minimum atomic E-state index is -1.51. The molecule has 0 amide bonds. The molecule has 0 aromatic heterocycles. The maximum absolute atomic E-state index is 11.2. The minimum Gasteiger partial charge on any atom is -0.258 e. The zero-order chi connectivity index (χ0) is 11.8. The van der Waals surface area contributed by atoms with Gasteiger partial charge in [-0.3, -0.25) is 10.1 Å². The van der Waals surface area contributed by atoms with Crippen molar-refractivity contribution in [2.45, 2.75) is 18.7 Å². The number of nitrogens with one attached hydrogen (secondary N) is 1. The first-order valence-corrected chi connectivity index (χ1v) is 5.64. The van der Waals surface area contributed by atoms with Crippen LogP contribution in [0.25, 0.3) is 0 Å². The predicted molar refractivity (Wildman–Crippen MR) is 59.9 cm³/mol. The van der Waals surface area contributed by atoms with Crippen LogP contribution in [-0.4, -0.2) is 16.2 Å². The highest BCUT2D eigenvalue weighted by atomic mass is 32.2. The van der Waals surface area contributed by atoms with Crippen LogP contribution < -0.4 is 4.72 Å². The van der Waals surface area contributed by atoms with E-state index in [9.17, 15) is 14.3 Å². The molecule has 6 heteroatoms. The van der Waals surface area contributed by atoms with Crippen molar-refractivity contribution in [2.75, 3.05) is 7.05 Å². The molecule has 1 rings (SSSR count). The lowest BCUT2D eigenvalue weighted by Gasteiger charge is -1.99. The zero-order valence-electron chi connectivity index (χ0n) is 8.89. The second kappa shape index (κ2) is 7.08. The number of benzene rings is 1. The van der Waals surface area contributed by atoms with Gasteiger partial charge in [-0.25, -0.2) is 8.93 Å². The molecule has 0 fully saturated rings. The van der Waals surface area contributed by atoms with E-state index in [1.54, 1.807) is 6.07 Å². The van der Waals surface area contributed by atoms with Crippen LogP contribution in [0, 0.1) is 10.1 Å². The molecule has 0 bridgehead atoms. The molecule has 0 heterocycles. The minimum absolute atomic E-state index is 0.129. The summed E-state index contributed by atoms with van der Waals surface area (Å²) in [5, 5.41) is 10.5. The summed E-state index contributed by atoms with van der Waals surface area (Å²) < 4.78 is 13.7. The fourth-order valence-electron chi connectivity index (χ4n) is 0.875. The molecule has 15 heavy (non-hydrogen) atoms. The van der Waals surface area contributed by atoms with Gasteiger partial charge in [-0.15, -0.1) is 0 Å². The summed E-state index contributed by atoms with van der Waals surface area (Å²) in [5.41, 5.74) is -0.129. The normalized spacial score (nSPS) is 11.1. The zero-order valence-corrected chi connectivity index (χ0v) is 9.71. The highest BCUT2D eigenvalue weighted by molar-refractivity contribution is 7.83. The standard InChI is InChI=1S/C7H8N2O3S.C2H6/c1-8-13(12)7-5-3-2-4-6(7)9(10)11;1-2/h2-5,8H,1H3;1-2H3. The van der Waals surface area contributed by atoms with Crippen LogP contribution in [0.2, 0.25) is 0 Å². The van der Waals surface area contributed by atoms with E-state index in [1.165, 1.54) is 25.2 Å². The van der Waals surface area contributed by atoms with Gasteiger partial charge >= 0.3 is 0 Å². The van der Waals surface area contributed by atoms with Gasteiger partial charge in [-0.1, -0.05) is 26.0 Å². The molecule has 0 aliphatic rings. The Morgan fingerprint density at radius 3 is 2.33 bits per heavy atom. The SMILES string of the molecule is CC.CNS(=O)c1ccccc1[N+](=O)[O-]. The lowest BCUT2D eigenvalue weighted by molar-refractivity contribution is -0.387. The van der Waals surface area contributed by atoms with E-state index in [4.69, 9.17) is 0 Å². The highest BCUT2D eigenvalue weighted by Gasteiger charge is 2.16. The summed E-state index contributed by atoms with van der Waals surface area (Å²) in [5.74, 6) is 0. The monoisotopic (exact) mass is 230 g/mol. The van der Waals surface area contributed by atoms with Gasteiger partial charge in [0.15, 0.2) is 0 Å². The summed E-state index contributed by atoms with van der Waals surface area (Å²) >= 11 is 0. The number of rotatable bonds is 3. The van der Waals surface area contributed by atoms with Gasteiger partial charge in [0.05, 0.1) is 4.92 Å². The second-order valence-electron chi connectivity index (χ2n) is 2.20. The van der Waals surface area contributed by atoms with Crippen LogP contribution in [0.3, 0.4) is 0 Å². The van der Waals surface area contributed by atoms with E-state index in [1.807, 2.05) is 13.8 Å². The molecular formula is C9H14N2O3S. The Bertz CT molecular complexity index is 355. The fraction of sp³-hybridized carbons (Fsp3) is 0.333. The third-order valence-corrected chi connectivity index (χ3v) is 2.56. The van der Waals surface area contributed by atoms with Gasteiger partial charge in [-0.05, 0) is 13.1 Å². The van der Waals surface area contributed by atoms with Crippen LogP contribution in [0.4, 0.5) is 5.69 Å². The predicted octanol–water partition coefficient (Wildman–Crippen LogP) is 1.86. The fourth-order valence-corrected chi connectivity index (χ4v) is 1.63. The van der Waals surface area contributed by atoms with Crippen molar-refractivity contribution in [3.8, 4) is 0 Å². The molecule has 84 valence electrons. The maximum atomic E-state index is 11.2. The van der Waals surface area contributed by atoms with Gasteiger partial charge in [0.2, 0.25) is 0 Å². The molecule has 0 radical (unpaired) electrons. The van der Waals surface area contributed by atoms with Crippen LogP contribution in [0.15, 0.2) is 29.2 Å². The Balaban J connectivity index is 0.000000921. The first-order valence-electron chi connectivity index (χ1n) is 4.49. The van der Waals surface area contributed by atoms with Gasteiger partial charge in [-0.2, -0.15) is 0 Å². The molecule has 0 aliphatic carbocycles. The van der Waals surface area contributed by atoms with E-state index < -0.39 is 15.9 Å². The first kappa shape index (κ1) is 13.7. The van der Waals surface area contributed by atoms with E-state index in [-0.39, 0.29) is 10.6 Å². The van der Waals surface area contributed by atoms with Crippen LogP contribution in [-0.2, 0) is 11.0 Å². The van der Waals surface area contributed by atoms with Crippen molar-refractivity contribution in [3.63, 3.8) is 0 Å². The molecule has 5 nitrogen and oxygen atoms in total. The first-order chi connectivity index (χ1) is 7.16. The molecule has 1 aromatic carbocycles. The maximum Gasteiger partial charge on any atom is 0.286 e. The number of hydrogen-bond donors (Lipinski definition) is 1. The van der Waals surface area contributed by atoms with E-state index >= 15 is 0 Å². The Morgan fingerprint density at radius 1 is 1.33 bits per heavy atom. The summed E-state index contributed by atoms with van der Waals surface area (Å²) in [4.78, 5) is 10.1. The van der Waals surface area contributed by atoms with Gasteiger partial charge in [0.25, 0.3) is 5.69 Å². The average molecular weight is 230 g/mol. The van der Waals surface area contributed by atoms with E-state index in [0.717, 1.165) is 0 Å². The smallest absolute Gasteiger partial charge is 0.258 e. The summed E-state index contributed by atoms with van der Waals surface area (Å²) in [7, 11) is -0.0352. The summed E-state index contributed by atoms with van der Waals surface area (Å²) in [6, 6.07) is 5.93. The number of para-hydroxylation sites is 1. The van der Waals surface area contributed by atoms with Crippen LogP contribution in [0.5, 0.6) is 0 Å². The number of nitro groups is 1. The van der Waals surface area contributed by atoms with Crippen LogP contribution >= 0.6 is 0 Å². The number of nitrogens with zero attached hydrogens (tertiary/aromatic N) is 1. The molecule has 0 saturated carbocycles. The molecule has 0 spiro atoms. The van der Waals surface area contributed by atoms with E-state index in [2.05, 4.69) is 4.72 Å². The highest BCUT2D eigenvalue weighted by Crippen LogP contribution is 2.19. The lowest BCUT2D eigenvalue weighted by atomic mass is 10.3. The topological polar surface area (TPSA) is 72.2 Å². The van der Waals surface area contributed by atoms with Crippen LogP contribution in [0.1, 0.15) is 13.8 Å². The third-order valence-electron chi connectivity index (χ3n) is 1.45. The lowest BCUT2D eigenvalue weighted by Crippen LogP contribution is -2.12. The van der Waals surface area contributed by atoms with Gasteiger partial charge in [0, 0.05) is 6.07 Å². The molecule has 1 aromatic rings. The molecule has 1 atom stereocenters. The van der Waals surface area contributed by atoms with Crippen molar-refractivity contribution >= 4 is 16.7 Å². The Labute approximate surface area is 91.2 Å². The third kappa shape index (κ3) is 3.77. The molecule has 0 saturated heterocycles. The second-order valence-corrected chi connectivity index (χ2v) is 3.58. The molecular weight excluding hydrogens is 216 g/mol. The molecule has 0 aliphatic heterocycles. The Hall–Kier alpha value is -1.27. The Kier molecular flexibility index (Phi) is 6.48. The Morgan fingerprint density at radius 2 is 1.87 bits per heavy atom. The van der Waals surface area contributed by atoms with Crippen molar-refractivity contribution in [3.05, 3.63) is 34.4 Å². The number of nitro benzene ring substituents is 1. The van der Waals surface area contributed by atoms with Crippen molar-refractivity contribution in [1.29, 1.82) is 0 Å². The van der Waals surface area contributed by atoms with Gasteiger partial charge in [0.1, 0.15) is 15.9 Å². The summed E-state index contributed by atoms with van der Waals surface area (Å²) in [6.45, 7) is 4.00.